The third-order valence-electron chi connectivity index (χ3n) is 4.56. The molecule has 0 saturated carbocycles. The topological polar surface area (TPSA) is 60.6 Å². The van der Waals surface area contributed by atoms with Crippen molar-refractivity contribution >= 4 is 0 Å². The van der Waals surface area contributed by atoms with E-state index in [1.165, 1.54) is 18.2 Å². The number of hydrogen-bond donors (Lipinski definition) is 0. The Kier molecular flexibility index (Phi) is 5.77. The van der Waals surface area contributed by atoms with Crippen molar-refractivity contribution in [2.75, 3.05) is 19.7 Å². The summed E-state index contributed by atoms with van der Waals surface area (Å²) in [7, 11) is 0. The zero-order valence-electron chi connectivity index (χ0n) is 15.3. The van der Waals surface area contributed by atoms with Crippen LogP contribution in [0.1, 0.15) is 17.6 Å². The standard InChI is InChI=1S/C20H18F3N3O3/c21-14-7-5-13(6-8-14)17-11-26(9-10-27-17)12-18-24-19(25-29-18)15-3-1-2-4-16(15)28-20(22)23/h1-8,17,20H,9-12H2. The minimum Gasteiger partial charge on any atom is -0.434 e. The molecule has 0 spiro atoms. The highest BCUT2D eigenvalue weighted by Gasteiger charge is 2.24. The van der Waals surface area contributed by atoms with Gasteiger partial charge in [-0.05, 0) is 29.8 Å². The Morgan fingerprint density at radius 3 is 2.72 bits per heavy atom. The van der Waals surface area contributed by atoms with Gasteiger partial charge in [-0.1, -0.05) is 29.4 Å². The van der Waals surface area contributed by atoms with Crippen LogP contribution in [0.5, 0.6) is 5.75 Å². The van der Waals surface area contributed by atoms with Crippen molar-refractivity contribution in [3.63, 3.8) is 0 Å². The minimum atomic E-state index is -2.95. The Labute approximate surface area is 164 Å². The maximum Gasteiger partial charge on any atom is 0.387 e. The fourth-order valence-electron chi connectivity index (χ4n) is 3.20. The van der Waals surface area contributed by atoms with Crippen LogP contribution < -0.4 is 4.74 Å². The highest BCUT2D eigenvalue weighted by Crippen LogP contribution is 2.29. The van der Waals surface area contributed by atoms with E-state index in [0.717, 1.165) is 5.56 Å². The SMILES string of the molecule is Fc1ccc(C2CN(Cc3nc(-c4ccccc4OC(F)F)no3)CCO2)cc1. The molecule has 1 fully saturated rings. The summed E-state index contributed by atoms with van der Waals surface area (Å²) in [5.74, 6) is 0.222. The molecule has 1 atom stereocenters. The van der Waals surface area contributed by atoms with E-state index in [2.05, 4.69) is 19.8 Å². The highest BCUT2D eigenvalue weighted by molar-refractivity contribution is 5.63. The lowest BCUT2D eigenvalue weighted by molar-refractivity contribution is -0.0494. The molecule has 29 heavy (non-hydrogen) atoms. The molecule has 1 unspecified atom stereocenters. The van der Waals surface area contributed by atoms with E-state index in [4.69, 9.17) is 9.26 Å². The molecule has 1 aliphatic rings. The lowest BCUT2D eigenvalue weighted by Crippen LogP contribution is -2.37. The first-order valence-electron chi connectivity index (χ1n) is 9.05. The third-order valence-corrected chi connectivity index (χ3v) is 4.56. The molecule has 6 nitrogen and oxygen atoms in total. The zero-order chi connectivity index (χ0) is 20.2. The molecule has 0 N–H and O–H groups in total. The number of nitrogens with zero attached hydrogens (tertiary/aromatic N) is 3. The first kappa shape index (κ1) is 19.4. The monoisotopic (exact) mass is 405 g/mol. The van der Waals surface area contributed by atoms with Crippen LogP contribution in [-0.2, 0) is 11.3 Å². The Hall–Kier alpha value is -2.91. The first-order valence-corrected chi connectivity index (χ1v) is 9.05. The molecule has 0 amide bonds. The van der Waals surface area contributed by atoms with Gasteiger partial charge in [-0.15, -0.1) is 0 Å². The van der Waals surface area contributed by atoms with Gasteiger partial charge >= 0.3 is 6.61 Å². The van der Waals surface area contributed by atoms with Crippen molar-refractivity contribution in [1.29, 1.82) is 0 Å². The van der Waals surface area contributed by atoms with Gasteiger partial charge in [-0.3, -0.25) is 4.90 Å². The van der Waals surface area contributed by atoms with Gasteiger partial charge in [0.1, 0.15) is 11.6 Å². The molecule has 1 saturated heterocycles. The molecule has 0 bridgehead atoms. The van der Waals surface area contributed by atoms with Crippen molar-refractivity contribution in [3.05, 3.63) is 65.8 Å². The van der Waals surface area contributed by atoms with Gasteiger partial charge in [0.25, 0.3) is 0 Å². The van der Waals surface area contributed by atoms with Crippen LogP contribution in [-0.4, -0.2) is 41.3 Å². The van der Waals surface area contributed by atoms with Gasteiger partial charge in [0.15, 0.2) is 0 Å². The van der Waals surface area contributed by atoms with Crippen LogP contribution in [0, 0.1) is 5.82 Å². The maximum absolute atomic E-state index is 13.1. The molecule has 3 aromatic rings. The molecule has 4 rings (SSSR count). The van der Waals surface area contributed by atoms with E-state index in [-0.39, 0.29) is 23.5 Å². The van der Waals surface area contributed by atoms with Crippen LogP contribution >= 0.6 is 0 Å². The summed E-state index contributed by atoms with van der Waals surface area (Å²) in [5.41, 5.74) is 1.22. The van der Waals surface area contributed by atoms with Gasteiger partial charge in [-0.25, -0.2) is 4.39 Å². The molecule has 1 aromatic heterocycles. The molecule has 152 valence electrons. The summed E-state index contributed by atoms with van der Waals surface area (Å²) < 4.78 is 53.9. The van der Waals surface area contributed by atoms with E-state index in [0.29, 0.717) is 37.7 Å². The number of morpholine rings is 1. The Bertz CT molecular complexity index is 949. The van der Waals surface area contributed by atoms with Crippen LogP contribution in [0.15, 0.2) is 53.1 Å². The number of ether oxygens (including phenoxy) is 2. The van der Waals surface area contributed by atoms with Gasteiger partial charge in [0, 0.05) is 13.1 Å². The van der Waals surface area contributed by atoms with E-state index >= 15 is 0 Å². The number of benzene rings is 2. The molecule has 0 radical (unpaired) electrons. The van der Waals surface area contributed by atoms with Crippen molar-refractivity contribution in [1.82, 2.24) is 15.0 Å². The number of hydrogen-bond acceptors (Lipinski definition) is 6. The Morgan fingerprint density at radius 2 is 1.93 bits per heavy atom. The number of para-hydroxylation sites is 1. The summed E-state index contributed by atoms with van der Waals surface area (Å²) >= 11 is 0. The Balaban J connectivity index is 1.45. The second-order valence-corrected chi connectivity index (χ2v) is 6.53. The van der Waals surface area contributed by atoms with Crippen molar-refractivity contribution in [3.8, 4) is 17.1 Å². The smallest absolute Gasteiger partial charge is 0.387 e. The van der Waals surface area contributed by atoms with Crippen LogP contribution in [0.2, 0.25) is 0 Å². The largest absolute Gasteiger partial charge is 0.434 e. The van der Waals surface area contributed by atoms with Gasteiger partial charge in [0.2, 0.25) is 11.7 Å². The molecule has 2 aromatic carbocycles. The summed E-state index contributed by atoms with van der Waals surface area (Å²) in [6, 6.07) is 12.5. The normalized spacial score (nSPS) is 17.6. The lowest BCUT2D eigenvalue weighted by Gasteiger charge is -2.32. The van der Waals surface area contributed by atoms with Crippen LogP contribution in [0.3, 0.4) is 0 Å². The quantitative estimate of drug-likeness (QED) is 0.617. The van der Waals surface area contributed by atoms with Gasteiger partial charge < -0.3 is 14.0 Å². The second kappa shape index (κ2) is 8.62. The summed E-state index contributed by atoms with van der Waals surface area (Å²) in [4.78, 5) is 6.40. The van der Waals surface area contributed by atoms with Crippen LogP contribution in [0.4, 0.5) is 13.2 Å². The van der Waals surface area contributed by atoms with E-state index < -0.39 is 6.61 Å². The summed E-state index contributed by atoms with van der Waals surface area (Å²) in [6.45, 7) is -0.811. The number of alkyl halides is 2. The molecular weight excluding hydrogens is 387 g/mol. The second-order valence-electron chi connectivity index (χ2n) is 6.53. The van der Waals surface area contributed by atoms with Gasteiger partial charge in [-0.2, -0.15) is 13.8 Å². The molecule has 0 aliphatic carbocycles. The number of aromatic nitrogens is 2. The fourth-order valence-corrected chi connectivity index (χ4v) is 3.20. The van der Waals surface area contributed by atoms with E-state index in [1.54, 1.807) is 30.3 Å². The van der Waals surface area contributed by atoms with Crippen molar-refractivity contribution in [2.45, 2.75) is 19.3 Å². The van der Waals surface area contributed by atoms with E-state index in [9.17, 15) is 13.2 Å². The lowest BCUT2D eigenvalue weighted by atomic mass is 10.1. The molecule has 2 heterocycles. The van der Waals surface area contributed by atoms with E-state index in [1.807, 2.05) is 0 Å². The number of halogens is 3. The predicted octanol–water partition coefficient (Wildman–Crippen LogP) is 4.05. The third kappa shape index (κ3) is 4.75. The molecular formula is C20H18F3N3O3. The Morgan fingerprint density at radius 1 is 1.14 bits per heavy atom. The molecule has 1 aliphatic heterocycles. The van der Waals surface area contributed by atoms with Crippen molar-refractivity contribution < 1.29 is 27.2 Å². The molecule has 9 heteroatoms. The summed E-state index contributed by atoms with van der Waals surface area (Å²) in [6.07, 6.45) is -0.188. The zero-order valence-corrected chi connectivity index (χ0v) is 15.3. The average molecular weight is 405 g/mol. The average Bonchev–Trinajstić information content (AvgIpc) is 3.17. The maximum atomic E-state index is 13.1. The van der Waals surface area contributed by atoms with Crippen LogP contribution in [0.25, 0.3) is 11.4 Å². The minimum absolute atomic E-state index is 0.0161. The number of rotatable bonds is 6. The fraction of sp³-hybridized carbons (Fsp3) is 0.300. The first-order chi connectivity index (χ1) is 14.1. The van der Waals surface area contributed by atoms with Crippen molar-refractivity contribution in [2.24, 2.45) is 0 Å². The highest BCUT2D eigenvalue weighted by atomic mass is 19.3. The summed E-state index contributed by atoms with van der Waals surface area (Å²) in [5, 5.41) is 3.90. The predicted molar refractivity (Wildman–Crippen MR) is 96.7 cm³/mol. The van der Waals surface area contributed by atoms with Gasteiger partial charge in [0.05, 0.1) is 24.8 Å².